The van der Waals surface area contributed by atoms with Crippen molar-refractivity contribution < 1.29 is 4.74 Å². The molecule has 2 N–H and O–H groups in total. The molecule has 1 atom stereocenters. The van der Waals surface area contributed by atoms with Gasteiger partial charge in [0.05, 0.1) is 0 Å². The lowest BCUT2D eigenvalue weighted by atomic mass is 10.1. The lowest BCUT2D eigenvalue weighted by molar-refractivity contribution is 0.126. The minimum Gasteiger partial charge on any atom is -0.381 e. The highest BCUT2D eigenvalue weighted by molar-refractivity contribution is 5.14. The summed E-state index contributed by atoms with van der Waals surface area (Å²) in [6, 6.07) is 10.8. The molecule has 0 saturated carbocycles. The van der Waals surface area contributed by atoms with E-state index >= 15 is 0 Å². The van der Waals surface area contributed by atoms with Gasteiger partial charge in [-0.05, 0) is 31.7 Å². The minimum absolute atomic E-state index is 0.249. The lowest BCUT2D eigenvalue weighted by Crippen LogP contribution is -2.17. The van der Waals surface area contributed by atoms with Crippen molar-refractivity contribution in [3.63, 3.8) is 0 Å². The van der Waals surface area contributed by atoms with Crippen molar-refractivity contribution in [2.45, 2.75) is 32.2 Å². The van der Waals surface area contributed by atoms with Crippen molar-refractivity contribution >= 4 is 0 Å². The number of nitrogens with two attached hydrogens (primary N) is 1. The molecule has 0 amide bonds. The topological polar surface area (TPSA) is 35.2 Å². The van der Waals surface area contributed by atoms with Gasteiger partial charge in [-0.1, -0.05) is 30.3 Å². The van der Waals surface area contributed by atoms with Gasteiger partial charge in [0.15, 0.2) is 0 Å². The fraction of sp³-hybridized carbons (Fsp3) is 0.538. The maximum absolute atomic E-state index is 5.62. The number of hydrogen-bond donors (Lipinski definition) is 1. The van der Waals surface area contributed by atoms with Crippen LogP contribution in [0.5, 0.6) is 0 Å². The second-order valence-corrected chi connectivity index (χ2v) is 3.97. The standard InChI is InChI=1S/C13H21NO/c1-12(14)9-11-15-10-5-8-13-6-3-2-4-7-13/h2-4,6-7,12H,5,8-11,14H2,1H3. The van der Waals surface area contributed by atoms with Crippen molar-refractivity contribution in [2.24, 2.45) is 5.73 Å². The maximum Gasteiger partial charge on any atom is 0.0480 e. The van der Waals surface area contributed by atoms with Crippen molar-refractivity contribution in [2.75, 3.05) is 13.2 Å². The predicted molar refractivity (Wildman–Crippen MR) is 63.8 cm³/mol. The Labute approximate surface area is 92.4 Å². The third-order valence-corrected chi connectivity index (χ3v) is 2.31. The molecule has 0 aliphatic carbocycles. The van der Waals surface area contributed by atoms with Crippen molar-refractivity contribution in [3.05, 3.63) is 35.9 Å². The highest BCUT2D eigenvalue weighted by atomic mass is 16.5. The molecule has 1 aromatic carbocycles. The van der Waals surface area contributed by atoms with E-state index in [1.54, 1.807) is 0 Å². The molecule has 0 aliphatic heterocycles. The van der Waals surface area contributed by atoms with Gasteiger partial charge in [-0.15, -0.1) is 0 Å². The predicted octanol–water partition coefficient (Wildman–Crippen LogP) is 2.37. The lowest BCUT2D eigenvalue weighted by Gasteiger charge is -2.06. The summed E-state index contributed by atoms with van der Waals surface area (Å²) < 4.78 is 5.49. The zero-order chi connectivity index (χ0) is 10.9. The number of aryl methyl sites for hydroxylation is 1. The van der Waals surface area contributed by atoms with E-state index in [2.05, 4.69) is 24.3 Å². The fourth-order valence-corrected chi connectivity index (χ4v) is 1.39. The first-order valence-electron chi connectivity index (χ1n) is 5.66. The summed E-state index contributed by atoms with van der Waals surface area (Å²) in [4.78, 5) is 0. The summed E-state index contributed by atoms with van der Waals surface area (Å²) in [7, 11) is 0. The summed E-state index contributed by atoms with van der Waals surface area (Å²) >= 11 is 0. The fourth-order valence-electron chi connectivity index (χ4n) is 1.39. The van der Waals surface area contributed by atoms with Gasteiger partial charge in [0.1, 0.15) is 0 Å². The molecule has 1 rings (SSSR count). The average molecular weight is 207 g/mol. The van der Waals surface area contributed by atoms with E-state index in [4.69, 9.17) is 10.5 Å². The first-order valence-corrected chi connectivity index (χ1v) is 5.66. The Bertz CT molecular complexity index is 246. The van der Waals surface area contributed by atoms with E-state index < -0.39 is 0 Å². The normalized spacial score (nSPS) is 12.7. The number of hydrogen-bond acceptors (Lipinski definition) is 2. The molecule has 0 aromatic heterocycles. The quantitative estimate of drug-likeness (QED) is 0.697. The summed E-state index contributed by atoms with van der Waals surface area (Å²) in [5, 5.41) is 0. The van der Waals surface area contributed by atoms with Gasteiger partial charge in [-0.2, -0.15) is 0 Å². The molecule has 1 aromatic rings. The molecular formula is C13H21NO. The van der Waals surface area contributed by atoms with Crippen LogP contribution in [0.25, 0.3) is 0 Å². The largest absolute Gasteiger partial charge is 0.381 e. The van der Waals surface area contributed by atoms with Crippen LogP contribution in [0.3, 0.4) is 0 Å². The average Bonchev–Trinajstić information content (AvgIpc) is 2.24. The molecule has 84 valence electrons. The molecule has 0 bridgehead atoms. The first-order chi connectivity index (χ1) is 7.29. The smallest absolute Gasteiger partial charge is 0.0480 e. The van der Waals surface area contributed by atoms with Crippen LogP contribution in [0.4, 0.5) is 0 Å². The van der Waals surface area contributed by atoms with Crippen LogP contribution in [0.2, 0.25) is 0 Å². The Hall–Kier alpha value is -0.860. The van der Waals surface area contributed by atoms with E-state index in [1.165, 1.54) is 5.56 Å². The molecule has 0 spiro atoms. The van der Waals surface area contributed by atoms with E-state index in [1.807, 2.05) is 13.0 Å². The van der Waals surface area contributed by atoms with E-state index in [-0.39, 0.29) is 6.04 Å². The summed E-state index contributed by atoms with van der Waals surface area (Å²) in [5.74, 6) is 0. The third kappa shape index (κ3) is 6.26. The molecule has 0 aliphatic rings. The Morgan fingerprint density at radius 2 is 1.93 bits per heavy atom. The summed E-state index contributed by atoms with van der Waals surface area (Å²) in [6.45, 7) is 3.63. The molecule has 2 nitrogen and oxygen atoms in total. The van der Waals surface area contributed by atoms with Gasteiger partial charge in [0, 0.05) is 19.3 Å². The Balaban J connectivity index is 1.98. The van der Waals surface area contributed by atoms with Crippen molar-refractivity contribution in [3.8, 4) is 0 Å². The minimum atomic E-state index is 0.249. The van der Waals surface area contributed by atoms with Gasteiger partial charge in [-0.25, -0.2) is 0 Å². The van der Waals surface area contributed by atoms with E-state index in [0.717, 1.165) is 32.5 Å². The molecule has 0 fully saturated rings. The van der Waals surface area contributed by atoms with Gasteiger partial charge < -0.3 is 10.5 Å². The molecular weight excluding hydrogens is 186 g/mol. The highest BCUT2D eigenvalue weighted by Gasteiger charge is 1.95. The number of benzene rings is 1. The molecule has 1 unspecified atom stereocenters. The van der Waals surface area contributed by atoms with Gasteiger partial charge >= 0.3 is 0 Å². The second-order valence-electron chi connectivity index (χ2n) is 3.97. The SMILES string of the molecule is CC(N)CCOCCCc1ccccc1. The van der Waals surface area contributed by atoms with E-state index in [9.17, 15) is 0 Å². The Morgan fingerprint density at radius 1 is 1.20 bits per heavy atom. The number of ether oxygens (including phenoxy) is 1. The van der Waals surface area contributed by atoms with Gasteiger partial charge in [0.25, 0.3) is 0 Å². The summed E-state index contributed by atoms with van der Waals surface area (Å²) in [6.07, 6.45) is 3.13. The van der Waals surface area contributed by atoms with Crippen LogP contribution < -0.4 is 5.73 Å². The first kappa shape index (κ1) is 12.2. The van der Waals surface area contributed by atoms with E-state index in [0.29, 0.717) is 0 Å². The van der Waals surface area contributed by atoms with Gasteiger partial charge in [-0.3, -0.25) is 0 Å². The van der Waals surface area contributed by atoms with Crippen molar-refractivity contribution in [1.82, 2.24) is 0 Å². The summed E-state index contributed by atoms with van der Waals surface area (Å²) in [5.41, 5.74) is 7.00. The zero-order valence-electron chi connectivity index (χ0n) is 9.49. The van der Waals surface area contributed by atoms with Crippen LogP contribution in [-0.2, 0) is 11.2 Å². The third-order valence-electron chi connectivity index (χ3n) is 2.31. The molecule has 0 saturated heterocycles. The van der Waals surface area contributed by atoms with Crippen LogP contribution in [0.15, 0.2) is 30.3 Å². The van der Waals surface area contributed by atoms with Crippen molar-refractivity contribution in [1.29, 1.82) is 0 Å². The molecule has 0 radical (unpaired) electrons. The van der Waals surface area contributed by atoms with Crippen LogP contribution in [0.1, 0.15) is 25.3 Å². The monoisotopic (exact) mass is 207 g/mol. The maximum atomic E-state index is 5.62. The second kappa shape index (κ2) is 7.43. The molecule has 0 heterocycles. The Morgan fingerprint density at radius 3 is 2.60 bits per heavy atom. The number of rotatable bonds is 7. The highest BCUT2D eigenvalue weighted by Crippen LogP contribution is 2.02. The van der Waals surface area contributed by atoms with Crippen LogP contribution in [0, 0.1) is 0 Å². The van der Waals surface area contributed by atoms with Crippen LogP contribution >= 0.6 is 0 Å². The van der Waals surface area contributed by atoms with Crippen LogP contribution in [-0.4, -0.2) is 19.3 Å². The Kier molecular flexibility index (Phi) is 6.05. The van der Waals surface area contributed by atoms with Gasteiger partial charge in [0.2, 0.25) is 0 Å². The molecule has 2 heteroatoms. The zero-order valence-corrected chi connectivity index (χ0v) is 9.49. The molecule has 15 heavy (non-hydrogen) atoms.